The average molecular weight is 353 g/mol. The van der Waals surface area contributed by atoms with Crippen molar-refractivity contribution in [3.05, 3.63) is 65.1 Å². The highest BCUT2D eigenvalue weighted by Crippen LogP contribution is 2.14. The van der Waals surface area contributed by atoms with Crippen molar-refractivity contribution in [1.82, 2.24) is 20.1 Å². The van der Waals surface area contributed by atoms with E-state index in [9.17, 15) is 4.79 Å². The van der Waals surface area contributed by atoms with E-state index >= 15 is 0 Å². The zero-order valence-corrected chi connectivity index (χ0v) is 15.2. The number of nitrogens with zero attached hydrogens (tertiary/aromatic N) is 3. The number of hydrogen-bond acceptors (Lipinski definition) is 4. The molecule has 0 aliphatic heterocycles. The highest BCUT2D eigenvalue weighted by atomic mass is 16.3. The number of hydrogen-bond donors (Lipinski definition) is 2. The largest absolute Gasteiger partial charge is 0.464 e. The molecule has 136 valence electrons. The summed E-state index contributed by atoms with van der Waals surface area (Å²) < 4.78 is 5.55. The topological polar surface area (TPSA) is 87.0 Å². The zero-order chi connectivity index (χ0) is 18.5. The van der Waals surface area contributed by atoms with E-state index < -0.39 is 0 Å². The Kier molecular flexibility index (Phi) is 5.36. The fourth-order valence-electron chi connectivity index (χ4n) is 2.64. The predicted molar refractivity (Wildman–Crippen MR) is 98.9 cm³/mol. The van der Waals surface area contributed by atoms with E-state index in [1.54, 1.807) is 4.90 Å². The molecule has 2 heterocycles. The Morgan fingerprint density at radius 3 is 2.54 bits per heavy atom. The summed E-state index contributed by atoms with van der Waals surface area (Å²) in [4.78, 5) is 18.5. The third-order valence-corrected chi connectivity index (χ3v) is 4.02. The molecule has 1 aromatic carbocycles. The summed E-state index contributed by atoms with van der Waals surface area (Å²) in [5.41, 5.74) is 1.83. The summed E-state index contributed by atoms with van der Waals surface area (Å²) in [7, 11) is 0. The summed E-state index contributed by atoms with van der Waals surface area (Å²) in [6, 6.07) is 11.3. The van der Waals surface area contributed by atoms with Gasteiger partial charge in [0.1, 0.15) is 17.3 Å². The molecule has 0 radical (unpaired) electrons. The lowest BCUT2D eigenvalue weighted by Gasteiger charge is -2.20. The molecule has 2 aromatic heterocycles. The Morgan fingerprint density at radius 2 is 1.96 bits per heavy atom. The number of rotatable bonds is 6. The van der Waals surface area contributed by atoms with E-state index in [-0.39, 0.29) is 6.03 Å². The summed E-state index contributed by atoms with van der Waals surface area (Å²) >= 11 is 0. The van der Waals surface area contributed by atoms with Crippen LogP contribution >= 0.6 is 0 Å². The molecule has 0 saturated carbocycles. The minimum Gasteiger partial charge on any atom is -0.464 e. The maximum atomic E-state index is 12.5. The van der Waals surface area contributed by atoms with Crippen molar-refractivity contribution < 1.29 is 9.21 Å². The minimum absolute atomic E-state index is 0.154. The first-order valence-electron chi connectivity index (χ1n) is 8.61. The molecule has 26 heavy (non-hydrogen) atoms. The van der Waals surface area contributed by atoms with Crippen LogP contribution in [-0.2, 0) is 13.0 Å². The van der Waals surface area contributed by atoms with Crippen LogP contribution in [0.4, 0.5) is 10.5 Å². The van der Waals surface area contributed by atoms with Crippen molar-refractivity contribution in [2.45, 2.75) is 33.7 Å². The van der Waals surface area contributed by atoms with Crippen molar-refractivity contribution in [2.24, 2.45) is 0 Å². The molecular weight excluding hydrogens is 330 g/mol. The van der Waals surface area contributed by atoms with Gasteiger partial charge in [0.05, 0.1) is 6.54 Å². The number of aromatic amines is 1. The van der Waals surface area contributed by atoms with Gasteiger partial charge in [-0.05, 0) is 50.6 Å². The van der Waals surface area contributed by atoms with Crippen LogP contribution in [0.1, 0.15) is 35.7 Å². The Hall–Kier alpha value is -3.09. The van der Waals surface area contributed by atoms with Crippen molar-refractivity contribution in [3.63, 3.8) is 0 Å². The van der Waals surface area contributed by atoms with Gasteiger partial charge in [0.2, 0.25) is 0 Å². The number of nitrogens with one attached hydrogen (secondary N) is 2. The van der Waals surface area contributed by atoms with Gasteiger partial charge in [-0.3, -0.25) is 5.10 Å². The molecule has 0 fully saturated rings. The fourth-order valence-corrected chi connectivity index (χ4v) is 2.64. The second-order valence-electron chi connectivity index (χ2n) is 6.17. The third-order valence-electron chi connectivity index (χ3n) is 4.02. The molecule has 7 heteroatoms. The predicted octanol–water partition coefficient (Wildman–Crippen LogP) is 3.66. The molecule has 0 spiro atoms. The standard InChI is InChI=1S/C19H23N5O2/c1-4-24(12-17-10-5-13(2)26-17)19(25)21-16-8-6-15(7-9-16)11-18-20-14(3)22-23-18/h5-10H,4,11-12H2,1-3H3,(H,21,25)(H,20,22,23). The first kappa shape index (κ1) is 17.7. The van der Waals surface area contributed by atoms with Crippen LogP contribution in [0.5, 0.6) is 0 Å². The Labute approximate surface area is 152 Å². The molecule has 0 bridgehead atoms. The molecule has 0 saturated heterocycles. The van der Waals surface area contributed by atoms with Crippen molar-refractivity contribution in [2.75, 3.05) is 11.9 Å². The first-order chi connectivity index (χ1) is 12.5. The van der Waals surface area contributed by atoms with Gasteiger partial charge in [-0.15, -0.1) is 0 Å². The van der Waals surface area contributed by atoms with Crippen LogP contribution in [0.25, 0.3) is 0 Å². The number of amides is 2. The smallest absolute Gasteiger partial charge is 0.322 e. The second kappa shape index (κ2) is 7.86. The lowest BCUT2D eigenvalue weighted by molar-refractivity contribution is 0.207. The van der Waals surface area contributed by atoms with Crippen LogP contribution in [0.15, 0.2) is 40.8 Å². The van der Waals surface area contributed by atoms with Crippen LogP contribution < -0.4 is 5.32 Å². The summed E-state index contributed by atoms with van der Waals surface area (Å²) in [5.74, 6) is 3.17. The van der Waals surface area contributed by atoms with Gasteiger partial charge < -0.3 is 14.6 Å². The SMILES string of the molecule is CCN(Cc1ccc(C)o1)C(=O)Nc1ccc(Cc2n[nH]c(C)n2)cc1. The Bertz CT molecular complexity index is 866. The van der Waals surface area contributed by atoms with Gasteiger partial charge in [0.15, 0.2) is 5.82 Å². The number of carbonyl (C=O) groups is 1. The molecule has 0 aliphatic rings. The number of urea groups is 1. The van der Waals surface area contributed by atoms with Crippen LogP contribution in [0, 0.1) is 13.8 Å². The molecule has 3 aromatic rings. The maximum Gasteiger partial charge on any atom is 0.322 e. The summed E-state index contributed by atoms with van der Waals surface area (Å²) in [6.45, 7) is 6.74. The average Bonchev–Trinajstić information content (AvgIpc) is 3.22. The van der Waals surface area contributed by atoms with Gasteiger partial charge in [0.25, 0.3) is 0 Å². The zero-order valence-electron chi connectivity index (χ0n) is 15.2. The highest BCUT2D eigenvalue weighted by molar-refractivity contribution is 5.89. The van der Waals surface area contributed by atoms with Crippen LogP contribution in [0.3, 0.4) is 0 Å². The normalized spacial score (nSPS) is 10.7. The lowest BCUT2D eigenvalue weighted by atomic mass is 10.1. The van der Waals surface area contributed by atoms with Crippen LogP contribution in [-0.4, -0.2) is 32.7 Å². The van der Waals surface area contributed by atoms with Gasteiger partial charge in [-0.2, -0.15) is 5.10 Å². The molecule has 2 amide bonds. The van der Waals surface area contributed by atoms with Gasteiger partial charge >= 0.3 is 6.03 Å². The summed E-state index contributed by atoms with van der Waals surface area (Å²) in [6.07, 6.45) is 0.650. The van der Waals surface area contributed by atoms with Crippen molar-refractivity contribution >= 4 is 11.7 Å². The van der Waals surface area contributed by atoms with E-state index in [0.717, 1.165) is 34.4 Å². The number of aromatic nitrogens is 3. The minimum atomic E-state index is -0.154. The molecule has 3 rings (SSSR count). The van der Waals surface area contributed by atoms with Crippen LogP contribution in [0.2, 0.25) is 0 Å². The number of H-pyrrole nitrogens is 1. The quantitative estimate of drug-likeness (QED) is 0.708. The number of aryl methyl sites for hydroxylation is 2. The highest BCUT2D eigenvalue weighted by Gasteiger charge is 2.14. The lowest BCUT2D eigenvalue weighted by Crippen LogP contribution is -2.34. The maximum absolute atomic E-state index is 12.5. The number of furan rings is 1. The molecule has 7 nitrogen and oxygen atoms in total. The van der Waals surface area contributed by atoms with E-state index in [0.29, 0.717) is 19.5 Å². The first-order valence-corrected chi connectivity index (χ1v) is 8.61. The molecular formula is C19H23N5O2. The van der Waals surface area contributed by atoms with E-state index in [4.69, 9.17) is 4.42 Å². The van der Waals surface area contributed by atoms with E-state index in [1.807, 2.05) is 57.2 Å². The fraction of sp³-hybridized carbons (Fsp3) is 0.316. The Balaban J connectivity index is 1.59. The third kappa shape index (κ3) is 4.50. The van der Waals surface area contributed by atoms with Crippen molar-refractivity contribution in [3.8, 4) is 0 Å². The van der Waals surface area contributed by atoms with E-state index in [2.05, 4.69) is 20.5 Å². The number of benzene rings is 1. The number of carbonyl (C=O) groups excluding carboxylic acids is 1. The van der Waals surface area contributed by atoms with E-state index in [1.165, 1.54) is 0 Å². The molecule has 0 aliphatic carbocycles. The Morgan fingerprint density at radius 1 is 1.19 bits per heavy atom. The molecule has 0 atom stereocenters. The number of anilines is 1. The van der Waals surface area contributed by atoms with Gasteiger partial charge in [-0.25, -0.2) is 9.78 Å². The van der Waals surface area contributed by atoms with Crippen molar-refractivity contribution in [1.29, 1.82) is 0 Å². The summed E-state index contributed by atoms with van der Waals surface area (Å²) in [5, 5.41) is 9.89. The molecule has 0 unspecified atom stereocenters. The monoisotopic (exact) mass is 353 g/mol. The second-order valence-corrected chi connectivity index (χ2v) is 6.17. The van der Waals surface area contributed by atoms with Gasteiger partial charge in [0, 0.05) is 18.7 Å². The van der Waals surface area contributed by atoms with Gasteiger partial charge in [-0.1, -0.05) is 12.1 Å². The molecule has 2 N–H and O–H groups in total.